The lowest BCUT2D eigenvalue weighted by Gasteiger charge is -2.23. The van der Waals surface area contributed by atoms with E-state index < -0.39 is 17.5 Å². The number of phenols is 1. The third-order valence-corrected chi connectivity index (χ3v) is 5.23. The largest absolute Gasteiger partial charge is 0.507 e. The van der Waals surface area contributed by atoms with Crippen molar-refractivity contribution in [1.82, 2.24) is 15.5 Å². The van der Waals surface area contributed by atoms with E-state index in [1.54, 1.807) is 0 Å². The van der Waals surface area contributed by atoms with Gasteiger partial charge in [0.15, 0.2) is 5.82 Å². The van der Waals surface area contributed by atoms with Gasteiger partial charge in [0.2, 0.25) is 5.91 Å². The Bertz CT molecular complexity index is 930. The van der Waals surface area contributed by atoms with Crippen molar-refractivity contribution in [2.45, 2.75) is 44.3 Å². The normalized spacial score (nSPS) is 19.2. The fourth-order valence-electron chi connectivity index (χ4n) is 3.79. The number of carbonyl (C=O) groups excluding carboxylic acids is 1. The fraction of sp³-hybridized carbons (Fsp3) is 0.421. The molecule has 0 bridgehead atoms. The Morgan fingerprint density at radius 2 is 1.89 bits per heavy atom. The van der Waals surface area contributed by atoms with Gasteiger partial charge in [-0.15, -0.1) is 10.2 Å². The average molecular weight is 392 g/mol. The maximum absolute atomic E-state index is 12.9. The summed E-state index contributed by atoms with van der Waals surface area (Å²) >= 11 is 0. The second-order valence-electron chi connectivity index (χ2n) is 7.07. The molecular weight excluding hydrogens is 373 g/mol. The van der Waals surface area contributed by atoms with Gasteiger partial charge in [-0.1, -0.05) is 0 Å². The van der Waals surface area contributed by atoms with Gasteiger partial charge in [-0.05, 0) is 55.9 Å². The van der Waals surface area contributed by atoms with E-state index >= 15 is 0 Å². The number of hydrogen-bond acceptors (Lipinski definition) is 5. The molecule has 1 atom stereocenters. The molecule has 2 heterocycles. The fourth-order valence-corrected chi connectivity index (χ4v) is 3.79. The van der Waals surface area contributed by atoms with Crippen LogP contribution >= 0.6 is 0 Å². The topological polar surface area (TPSA) is 87.1 Å². The molecule has 2 aliphatic rings. The van der Waals surface area contributed by atoms with Crippen molar-refractivity contribution in [3.05, 3.63) is 34.9 Å². The molecule has 1 aliphatic heterocycles. The lowest BCUT2D eigenvalue weighted by molar-refractivity contribution is -0.137. The van der Waals surface area contributed by atoms with Crippen LogP contribution in [-0.2, 0) is 23.8 Å². The van der Waals surface area contributed by atoms with Crippen molar-refractivity contribution in [2.75, 3.05) is 11.9 Å². The van der Waals surface area contributed by atoms with Crippen LogP contribution in [0.25, 0.3) is 11.3 Å². The van der Waals surface area contributed by atoms with Crippen LogP contribution in [-0.4, -0.2) is 33.8 Å². The van der Waals surface area contributed by atoms with E-state index in [0.717, 1.165) is 36.5 Å². The van der Waals surface area contributed by atoms with Crippen LogP contribution in [0.4, 0.5) is 19.0 Å². The lowest BCUT2D eigenvalue weighted by atomic mass is 9.88. The molecule has 0 saturated carbocycles. The Morgan fingerprint density at radius 3 is 2.54 bits per heavy atom. The summed E-state index contributed by atoms with van der Waals surface area (Å²) in [6.45, 7) is 0.601. The zero-order chi connectivity index (χ0) is 19.9. The van der Waals surface area contributed by atoms with Crippen molar-refractivity contribution in [2.24, 2.45) is 0 Å². The van der Waals surface area contributed by atoms with Gasteiger partial charge in [0, 0.05) is 17.7 Å². The molecule has 0 spiro atoms. The summed E-state index contributed by atoms with van der Waals surface area (Å²) in [6.07, 6.45) is -0.602. The molecule has 1 amide bonds. The number of nitrogens with one attached hydrogen (secondary N) is 2. The molecule has 6 nitrogen and oxygen atoms in total. The average Bonchev–Trinajstić information content (AvgIpc) is 3.06. The summed E-state index contributed by atoms with van der Waals surface area (Å²) in [4.78, 5) is 11.8. The number of anilines is 1. The Balaban J connectivity index is 1.74. The molecule has 1 saturated heterocycles. The predicted molar refractivity (Wildman–Crippen MR) is 95.8 cm³/mol. The molecule has 1 fully saturated rings. The van der Waals surface area contributed by atoms with E-state index in [1.807, 2.05) is 0 Å². The number of carbonyl (C=O) groups is 1. The third-order valence-electron chi connectivity index (χ3n) is 5.23. The highest BCUT2D eigenvalue weighted by Crippen LogP contribution is 2.39. The number of fused-ring (bicyclic) bond motifs is 1. The van der Waals surface area contributed by atoms with Crippen molar-refractivity contribution in [1.29, 1.82) is 0 Å². The highest BCUT2D eigenvalue weighted by atomic mass is 19.4. The van der Waals surface area contributed by atoms with Crippen LogP contribution in [0.15, 0.2) is 18.2 Å². The molecule has 1 aromatic carbocycles. The molecular formula is C19H19F3N4O2. The summed E-state index contributed by atoms with van der Waals surface area (Å²) in [5.74, 6) is -0.0319. The molecule has 148 valence electrons. The SMILES string of the molecule is O=C1NCC[C@@H]1Nc1nnc(-c2ccc(C(F)(F)F)cc2O)c2c1CCCC2. The van der Waals surface area contributed by atoms with Gasteiger partial charge in [-0.2, -0.15) is 13.2 Å². The maximum atomic E-state index is 12.9. The Morgan fingerprint density at radius 1 is 1.14 bits per heavy atom. The minimum Gasteiger partial charge on any atom is -0.507 e. The van der Waals surface area contributed by atoms with E-state index in [9.17, 15) is 23.1 Å². The summed E-state index contributed by atoms with van der Waals surface area (Å²) < 4.78 is 38.6. The molecule has 0 unspecified atom stereocenters. The first-order valence-corrected chi connectivity index (χ1v) is 9.18. The van der Waals surface area contributed by atoms with Gasteiger partial charge in [-0.3, -0.25) is 4.79 Å². The first kappa shape index (κ1) is 18.5. The number of amides is 1. The monoisotopic (exact) mass is 392 g/mol. The molecule has 1 aliphatic carbocycles. The van der Waals surface area contributed by atoms with E-state index in [-0.39, 0.29) is 17.5 Å². The summed E-state index contributed by atoms with van der Waals surface area (Å²) in [7, 11) is 0. The number of benzene rings is 1. The highest BCUT2D eigenvalue weighted by Gasteiger charge is 2.32. The van der Waals surface area contributed by atoms with Gasteiger partial charge in [0.1, 0.15) is 17.5 Å². The minimum atomic E-state index is -4.53. The smallest absolute Gasteiger partial charge is 0.416 e. The number of rotatable bonds is 3. The molecule has 0 radical (unpaired) electrons. The molecule has 3 N–H and O–H groups in total. The molecule has 2 aromatic rings. The zero-order valence-corrected chi connectivity index (χ0v) is 14.9. The van der Waals surface area contributed by atoms with Gasteiger partial charge >= 0.3 is 6.18 Å². The van der Waals surface area contributed by atoms with Gasteiger partial charge in [-0.25, -0.2) is 0 Å². The number of hydrogen-bond donors (Lipinski definition) is 3. The third kappa shape index (κ3) is 3.36. The van der Waals surface area contributed by atoms with Crippen LogP contribution < -0.4 is 10.6 Å². The van der Waals surface area contributed by atoms with Crippen LogP contribution in [0.1, 0.15) is 36.0 Å². The summed E-state index contributed by atoms with van der Waals surface area (Å²) in [5, 5.41) is 24.5. The van der Waals surface area contributed by atoms with Crippen LogP contribution in [0.2, 0.25) is 0 Å². The van der Waals surface area contributed by atoms with Gasteiger partial charge in [0.05, 0.1) is 5.56 Å². The minimum absolute atomic E-state index is 0.0872. The van der Waals surface area contributed by atoms with Gasteiger partial charge < -0.3 is 15.7 Å². The quantitative estimate of drug-likeness (QED) is 0.747. The second kappa shape index (κ2) is 6.96. The highest BCUT2D eigenvalue weighted by molar-refractivity contribution is 5.86. The van der Waals surface area contributed by atoms with E-state index in [4.69, 9.17) is 0 Å². The summed E-state index contributed by atoms with van der Waals surface area (Å²) in [6, 6.07) is 2.50. The number of aromatic nitrogens is 2. The van der Waals surface area contributed by atoms with E-state index in [1.165, 1.54) is 6.07 Å². The maximum Gasteiger partial charge on any atom is 0.416 e. The van der Waals surface area contributed by atoms with Crippen molar-refractivity contribution >= 4 is 11.7 Å². The van der Waals surface area contributed by atoms with Crippen LogP contribution in [0.3, 0.4) is 0 Å². The van der Waals surface area contributed by atoms with Crippen molar-refractivity contribution in [3.63, 3.8) is 0 Å². The number of aromatic hydroxyl groups is 1. The number of phenolic OH excluding ortho intramolecular Hbond substituents is 1. The van der Waals surface area contributed by atoms with Gasteiger partial charge in [0.25, 0.3) is 0 Å². The molecule has 4 rings (SSSR count). The molecule has 9 heteroatoms. The molecule has 1 aromatic heterocycles. The van der Waals surface area contributed by atoms with Crippen LogP contribution in [0.5, 0.6) is 5.75 Å². The number of nitrogens with zero attached hydrogens (tertiary/aromatic N) is 2. The van der Waals surface area contributed by atoms with E-state index in [0.29, 0.717) is 37.0 Å². The second-order valence-corrected chi connectivity index (χ2v) is 7.07. The lowest BCUT2D eigenvalue weighted by Crippen LogP contribution is -2.31. The first-order valence-electron chi connectivity index (χ1n) is 9.18. The molecule has 28 heavy (non-hydrogen) atoms. The van der Waals surface area contributed by atoms with Crippen LogP contribution in [0, 0.1) is 0 Å². The summed E-state index contributed by atoms with van der Waals surface area (Å²) in [5.41, 5.74) is 1.47. The predicted octanol–water partition coefficient (Wildman–Crippen LogP) is 3.05. The number of halogens is 3. The Kier molecular flexibility index (Phi) is 4.60. The first-order chi connectivity index (χ1) is 13.3. The van der Waals surface area contributed by atoms with Crippen molar-refractivity contribution < 1.29 is 23.1 Å². The number of alkyl halides is 3. The van der Waals surface area contributed by atoms with E-state index in [2.05, 4.69) is 20.8 Å². The zero-order valence-electron chi connectivity index (χ0n) is 14.9. The Hall–Kier alpha value is -2.84. The standard InChI is InChI=1S/C19H19F3N4O2/c20-19(21,22)10-5-6-13(15(27)9-10)16-11-3-1-2-4-12(11)17(26-25-16)24-14-7-8-23-18(14)28/h5-6,9,14,27H,1-4,7-8H2,(H,23,28)(H,24,26)/t14-/m0/s1. The Labute approximate surface area is 159 Å². The van der Waals surface area contributed by atoms with Crippen molar-refractivity contribution in [3.8, 4) is 17.0 Å².